The molecule has 7 heteroatoms. The van der Waals surface area contributed by atoms with Crippen molar-refractivity contribution in [2.75, 3.05) is 33.2 Å². The fourth-order valence-corrected chi connectivity index (χ4v) is 5.08. The number of hydrogen-bond acceptors (Lipinski definition) is 5. The van der Waals surface area contributed by atoms with Crippen molar-refractivity contribution in [3.63, 3.8) is 0 Å². The van der Waals surface area contributed by atoms with E-state index in [1.165, 1.54) is 24.8 Å². The number of phenols is 1. The lowest BCUT2D eigenvalue weighted by atomic mass is 9.92. The summed E-state index contributed by atoms with van der Waals surface area (Å²) in [7, 11) is 1.50. The summed E-state index contributed by atoms with van der Waals surface area (Å²) in [6.07, 6.45) is 2.68. The van der Waals surface area contributed by atoms with Crippen LogP contribution >= 0.6 is 0 Å². The van der Waals surface area contributed by atoms with Gasteiger partial charge in [-0.05, 0) is 68.0 Å². The molecule has 1 aliphatic heterocycles. The van der Waals surface area contributed by atoms with Crippen LogP contribution < -0.4 is 0 Å². The third kappa shape index (κ3) is 5.59. The summed E-state index contributed by atoms with van der Waals surface area (Å²) >= 11 is 0. The van der Waals surface area contributed by atoms with Crippen LogP contribution in [0.4, 0.5) is 0 Å². The minimum atomic E-state index is -1.04. The third-order valence-corrected chi connectivity index (χ3v) is 7.04. The van der Waals surface area contributed by atoms with Gasteiger partial charge < -0.3 is 15.1 Å². The Labute approximate surface area is 201 Å². The number of carbonyl (C=O) groups is 2. The van der Waals surface area contributed by atoms with Crippen molar-refractivity contribution in [1.29, 1.82) is 0 Å². The standard InChI is InChI=1S/C27H35N3O4/c1-18-15-30(19(2)14-29(18)16-20-10-11-20)26(22-7-5-9-24(31)13-22)21-6-4-8-23(12-21)27(34)28(3)17-25(32)33/h4-9,12-13,18-20,26,31H,10-11,14-17H2,1-3H3,(H,32,33)/t18-,19-,26?/m1/s1. The Morgan fingerprint density at radius 3 is 2.35 bits per heavy atom. The highest BCUT2D eigenvalue weighted by molar-refractivity contribution is 5.95. The van der Waals surface area contributed by atoms with Crippen molar-refractivity contribution in [2.45, 2.75) is 44.8 Å². The van der Waals surface area contributed by atoms with Gasteiger partial charge in [-0.3, -0.25) is 19.4 Å². The van der Waals surface area contributed by atoms with Crippen molar-refractivity contribution >= 4 is 11.9 Å². The number of carboxylic acid groups (broad SMARTS) is 1. The number of nitrogens with zero attached hydrogens (tertiary/aromatic N) is 3. The second-order valence-electron chi connectivity index (χ2n) is 9.97. The lowest BCUT2D eigenvalue weighted by molar-refractivity contribution is -0.137. The van der Waals surface area contributed by atoms with Crippen LogP contribution in [-0.4, -0.2) is 82.1 Å². The van der Waals surface area contributed by atoms with Gasteiger partial charge in [0.05, 0.1) is 6.04 Å². The molecule has 1 saturated carbocycles. The summed E-state index contributed by atoms with van der Waals surface area (Å²) in [5.74, 6) is -0.316. The molecule has 1 heterocycles. The lowest BCUT2D eigenvalue weighted by Crippen LogP contribution is -2.57. The SMILES string of the molecule is C[C@@H]1CN(C(c2cccc(O)c2)c2cccc(C(=O)N(C)CC(=O)O)c2)[C@H](C)CN1CC1CC1. The van der Waals surface area contributed by atoms with Crippen LogP contribution in [0.1, 0.15) is 54.2 Å². The molecule has 2 fully saturated rings. The molecular weight excluding hydrogens is 430 g/mol. The van der Waals surface area contributed by atoms with E-state index >= 15 is 0 Å². The van der Waals surface area contributed by atoms with E-state index in [-0.39, 0.29) is 30.3 Å². The van der Waals surface area contributed by atoms with Crippen LogP contribution in [0.15, 0.2) is 48.5 Å². The monoisotopic (exact) mass is 465 g/mol. The highest BCUT2D eigenvalue weighted by Gasteiger charge is 2.37. The second-order valence-corrected chi connectivity index (χ2v) is 9.97. The fourth-order valence-electron chi connectivity index (χ4n) is 5.08. The maximum atomic E-state index is 12.9. The van der Waals surface area contributed by atoms with E-state index in [0.29, 0.717) is 11.6 Å². The van der Waals surface area contributed by atoms with Crippen LogP contribution in [0.2, 0.25) is 0 Å². The van der Waals surface area contributed by atoms with Gasteiger partial charge in [0.25, 0.3) is 5.91 Å². The molecule has 0 bridgehead atoms. The topological polar surface area (TPSA) is 84.3 Å². The zero-order valence-corrected chi connectivity index (χ0v) is 20.2. The average molecular weight is 466 g/mol. The smallest absolute Gasteiger partial charge is 0.323 e. The highest BCUT2D eigenvalue weighted by atomic mass is 16.4. The normalized spacial score (nSPS) is 22.3. The summed E-state index contributed by atoms with van der Waals surface area (Å²) in [6.45, 7) is 7.20. The van der Waals surface area contributed by atoms with Crippen molar-refractivity contribution in [1.82, 2.24) is 14.7 Å². The number of likely N-dealkylation sites (N-methyl/N-ethyl adjacent to an activating group) is 1. The molecule has 4 rings (SSSR count). The molecule has 2 aliphatic rings. The Morgan fingerprint density at radius 2 is 1.71 bits per heavy atom. The first kappa shape index (κ1) is 24.2. The molecule has 1 saturated heterocycles. The van der Waals surface area contributed by atoms with Gasteiger partial charge in [-0.2, -0.15) is 0 Å². The maximum Gasteiger partial charge on any atom is 0.323 e. The summed E-state index contributed by atoms with van der Waals surface area (Å²) in [5.41, 5.74) is 2.38. The van der Waals surface area contributed by atoms with E-state index in [2.05, 4.69) is 23.6 Å². The molecule has 1 aliphatic carbocycles. The lowest BCUT2D eigenvalue weighted by Gasteiger charge is -2.48. The predicted octanol–water partition coefficient (Wildman–Crippen LogP) is 3.44. The van der Waals surface area contributed by atoms with Crippen LogP contribution in [0.25, 0.3) is 0 Å². The van der Waals surface area contributed by atoms with Crippen molar-refractivity contribution < 1.29 is 19.8 Å². The molecule has 2 N–H and O–H groups in total. The van der Waals surface area contributed by atoms with Gasteiger partial charge in [-0.15, -0.1) is 0 Å². The number of amides is 1. The predicted molar refractivity (Wildman–Crippen MR) is 131 cm³/mol. The van der Waals surface area contributed by atoms with Crippen LogP contribution in [0.3, 0.4) is 0 Å². The summed E-state index contributed by atoms with van der Waals surface area (Å²) in [6, 6.07) is 15.3. The number of rotatable bonds is 8. The van der Waals surface area contributed by atoms with E-state index in [1.54, 1.807) is 18.2 Å². The second kappa shape index (κ2) is 10.2. The quantitative estimate of drug-likeness (QED) is 0.621. The zero-order chi connectivity index (χ0) is 24.4. The third-order valence-electron chi connectivity index (χ3n) is 7.04. The first-order valence-corrected chi connectivity index (χ1v) is 12.1. The van der Waals surface area contributed by atoms with E-state index in [4.69, 9.17) is 5.11 Å². The number of benzene rings is 2. The Hall–Kier alpha value is -2.90. The summed E-state index contributed by atoms with van der Waals surface area (Å²) in [5, 5.41) is 19.3. The van der Waals surface area contributed by atoms with Gasteiger partial charge in [0.15, 0.2) is 0 Å². The van der Waals surface area contributed by atoms with Gasteiger partial charge in [0.2, 0.25) is 0 Å². The highest BCUT2D eigenvalue weighted by Crippen LogP contribution is 2.36. The van der Waals surface area contributed by atoms with Crippen molar-refractivity contribution in [3.8, 4) is 5.75 Å². The number of phenolic OH excluding ortho intramolecular Hbond substituents is 1. The van der Waals surface area contributed by atoms with E-state index < -0.39 is 5.97 Å². The molecule has 34 heavy (non-hydrogen) atoms. The summed E-state index contributed by atoms with van der Waals surface area (Å²) in [4.78, 5) is 30.2. The Morgan fingerprint density at radius 1 is 1.03 bits per heavy atom. The summed E-state index contributed by atoms with van der Waals surface area (Å²) < 4.78 is 0. The van der Waals surface area contributed by atoms with Crippen molar-refractivity contribution in [3.05, 3.63) is 65.2 Å². The van der Waals surface area contributed by atoms with Gasteiger partial charge in [0, 0.05) is 44.3 Å². The number of carboxylic acids is 1. The Balaban J connectivity index is 1.66. The Kier molecular flexibility index (Phi) is 7.24. The molecule has 182 valence electrons. The molecule has 7 nitrogen and oxygen atoms in total. The largest absolute Gasteiger partial charge is 0.508 e. The number of piperazine rings is 1. The molecule has 0 aromatic heterocycles. The van der Waals surface area contributed by atoms with Gasteiger partial charge in [-0.1, -0.05) is 24.3 Å². The number of aromatic hydroxyl groups is 1. The molecule has 0 radical (unpaired) electrons. The minimum Gasteiger partial charge on any atom is -0.508 e. The van der Waals surface area contributed by atoms with Crippen LogP contribution in [0.5, 0.6) is 5.75 Å². The number of aliphatic carboxylic acids is 1. The molecular formula is C27H35N3O4. The van der Waals surface area contributed by atoms with Crippen LogP contribution in [0, 0.1) is 5.92 Å². The van der Waals surface area contributed by atoms with E-state index in [1.807, 2.05) is 30.3 Å². The fraction of sp³-hybridized carbons (Fsp3) is 0.481. The van der Waals surface area contributed by atoms with E-state index in [0.717, 1.165) is 36.7 Å². The first-order chi connectivity index (χ1) is 16.2. The maximum absolute atomic E-state index is 12.9. The minimum absolute atomic E-state index is 0.134. The van der Waals surface area contributed by atoms with Gasteiger partial charge >= 0.3 is 5.97 Å². The van der Waals surface area contributed by atoms with Crippen LogP contribution in [-0.2, 0) is 4.79 Å². The van der Waals surface area contributed by atoms with Gasteiger partial charge in [-0.25, -0.2) is 0 Å². The Bertz CT molecular complexity index is 1040. The molecule has 2 aromatic rings. The molecule has 0 spiro atoms. The van der Waals surface area contributed by atoms with Gasteiger partial charge in [0.1, 0.15) is 12.3 Å². The molecule has 1 unspecified atom stereocenters. The average Bonchev–Trinajstić information content (AvgIpc) is 3.60. The van der Waals surface area contributed by atoms with E-state index in [9.17, 15) is 14.7 Å². The molecule has 1 amide bonds. The zero-order valence-electron chi connectivity index (χ0n) is 20.2. The number of hydrogen-bond donors (Lipinski definition) is 2. The number of carbonyl (C=O) groups excluding carboxylic acids is 1. The molecule has 2 aromatic carbocycles. The molecule has 3 atom stereocenters. The van der Waals surface area contributed by atoms with Crippen molar-refractivity contribution in [2.24, 2.45) is 5.92 Å². The first-order valence-electron chi connectivity index (χ1n) is 12.1.